The van der Waals surface area contributed by atoms with E-state index in [1.54, 1.807) is 6.08 Å². The van der Waals surface area contributed by atoms with Gasteiger partial charge in [0.25, 0.3) is 0 Å². The van der Waals surface area contributed by atoms with Gasteiger partial charge in [-0.1, -0.05) is 145 Å². The molecule has 6 N–H and O–H groups in total. The molecule has 63 heavy (non-hydrogen) atoms. The van der Waals surface area contributed by atoms with E-state index in [0.717, 1.165) is 103 Å². The van der Waals surface area contributed by atoms with Crippen LogP contribution in [0.5, 0.6) is 0 Å². The van der Waals surface area contributed by atoms with E-state index in [-0.39, 0.29) is 18.5 Å². The van der Waals surface area contributed by atoms with Crippen molar-refractivity contribution in [2.45, 2.75) is 236 Å². The van der Waals surface area contributed by atoms with E-state index >= 15 is 0 Å². The summed E-state index contributed by atoms with van der Waals surface area (Å²) in [7, 11) is 0. The maximum absolute atomic E-state index is 12.9. The van der Waals surface area contributed by atoms with Gasteiger partial charge in [0, 0.05) is 12.8 Å². The molecule has 0 bridgehead atoms. The molecule has 1 saturated heterocycles. The molecule has 0 spiro atoms. The normalized spacial score (nSPS) is 20.5. The fraction of sp³-hybridized carbons (Fsp3) is 0.769. The van der Waals surface area contributed by atoms with Crippen LogP contribution in [0.15, 0.2) is 60.8 Å². The lowest BCUT2D eigenvalue weighted by molar-refractivity contribution is -0.302. The number of carbonyl (C=O) groups is 2. The van der Waals surface area contributed by atoms with Crippen molar-refractivity contribution in [1.29, 1.82) is 0 Å². The number of rotatable bonds is 41. The molecule has 11 nitrogen and oxygen atoms in total. The molecule has 1 rings (SSSR count). The molecule has 1 fully saturated rings. The van der Waals surface area contributed by atoms with E-state index in [4.69, 9.17) is 14.2 Å². The SMILES string of the molecule is CCCC/C=C\CCCCCCCC(=O)OCCCCC/C=C\C=C/CCCCCCCCC(=O)NC(COC1OC(CO)C(O)C(O)C1O)C(O)/C=C/CC/C=C/CCCCC. The lowest BCUT2D eigenvalue weighted by atomic mass is 9.99. The molecule has 0 saturated carbocycles. The van der Waals surface area contributed by atoms with Gasteiger partial charge in [-0.15, -0.1) is 0 Å². The Kier molecular flexibility index (Phi) is 38.9. The topological polar surface area (TPSA) is 175 Å². The van der Waals surface area contributed by atoms with E-state index in [2.05, 4.69) is 67.8 Å². The van der Waals surface area contributed by atoms with Crippen LogP contribution in [0.3, 0.4) is 0 Å². The van der Waals surface area contributed by atoms with Crippen molar-refractivity contribution < 1.29 is 49.3 Å². The fourth-order valence-corrected chi connectivity index (χ4v) is 7.24. The Balaban J connectivity index is 2.19. The quantitative estimate of drug-likeness (QED) is 0.0150. The monoisotopic (exact) mass is 890 g/mol. The van der Waals surface area contributed by atoms with Crippen molar-refractivity contribution in [3.8, 4) is 0 Å². The van der Waals surface area contributed by atoms with Crippen LogP contribution >= 0.6 is 0 Å². The van der Waals surface area contributed by atoms with Crippen molar-refractivity contribution in [2.24, 2.45) is 0 Å². The molecule has 0 aromatic rings. The van der Waals surface area contributed by atoms with Crippen molar-refractivity contribution in [3.05, 3.63) is 60.8 Å². The molecule has 7 atom stereocenters. The van der Waals surface area contributed by atoms with Gasteiger partial charge in [-0.05, 0) is 96.3 Å². The summed E-state index contributed by atoms with van der Waals surface area (Å²) in [6, 6.07) is -0.843. The standard InChI is InChI=1S/C52H91NO10/c1-3-5-7-9-11-13-19-24-28-32-36-40-48(57)61-41-37-33-29-25-21-18-16-14-15-17-20-23-27-31-35-39-47(56)53-44(45(55)38-34-30-26-22-12-10-8-6-4-2)43-62-52-51(60)50(59)49(58)46(42-54)63-52/h9,11-12,14,16,18,21-22,34,38,44-46,49-52,54-55,58-60H,3-8,10,13,15,17,19-20,23-33,35-37,39-43H2,1-2H3,(H,53,56)/b11-9-,16-14-,21-18-,22-12+,38-34+. The van der Waals surface area contributed by atoms with Gasteiger partial charge in [0.2, 0.25) is 5.91 Å². The second-order valence-corrected chi connectivity index (χ2v) is 17.2. The summed E-state index contributed by atoms with van der Waals surface area (Å²) in [5.41, 5.74) is 0. The zero-order valence-corrected chi connectivity index (χ0v) is 39.5. The summed E-state index contributed by atoms with van der Waals surface area (Å²) in [5, 5.41) is 54.0. The first-order valence-corrected chi connectivity index (χ1v) is 25.1. The van der Waals surface area contributed by atoms with E-state index in [0.29, 0.717) is 19.4 Å². The largest absolute Gasteiger partial charge is 0.466 e. The molecular formula is C52H91NO10. The molecule has 1 amide bonds. The highest BCUT2D eigenvalue weighted by molar-refractivity contribution is 5.76. The zero-order chi connectivity index (χ0) is 46.0. The second-order valence-electron chi connectivity index (χ2n) is 17.2. The predicted molar refractivity (Wildman–Crippen MR) is 255 cm³/mol. The molecule has 0 aliphatic carbocycles. The van der Waals surface area contributed by atoms with Gasteiger partial charge in [0.1, 0.15) is 24.4 Å². The number of nitrogens with one attached hydrogen (secondary N) is 1. The second kappa shape index (κ2) is 42.0. The number of hydrogen-bond acceptors (Lipinski definition) is 10. The average Bonchev–Trinajstić information content (AvgIpc) is 3.28. The summed E-state index contributed by atoms with van der Waals surface area (Å²) < 4.78 is 16.6. The number of allylic oxidation sites excluding steroid dienone is 9. The van der Waals surface area contributed by atoms with Crippen molar-refractivity contribution >= 4 is 11.9 Å². The van der Waals surface area contributed by atoms with Crippen LogP contribution in [0.4, 0.5) is 0 Å². The van der Waals surface area contributed by atoms with Gasteiger partial charge in [-0.3, -0.25) is 9.59 Å². The van der Waals surface area contributed by atoms with Crippen LogP contribution in [0.1, 0.15) is 194 Å². The molecule has 1 heterocycles. The van der Waals surface area contributed by atoms with Gasteiger partial charge in [0.05, 0.1) is 32.0 Å². The van der Waals surface area contributed by atoms with Gasteiger partial charge in [-0.2, -0.15) is 0 Å². The Morgan fingerprint density at radius 3 is 1.71 bits per heavy atom. The average molecular weight is 890 g/mol. The molecule has 0 aromatic heterocycles. The van der Waals surface area contributed by atoms with Crippen molar-refractivity contribution in [3.63, 3.8) is 0 Å². The van der Waals surface area contributed by atoms with E-state index in [1.807, 2.05) is 6.08 Å². The molecule has 1 aliphatic rings. The maximum Gasteiger partial charge on any atom is 0.305 e. The highest BCUT2D eigenvalue weighted by Crippen LogP contribution is 2.22. The smallest absolute Gasteiger partial charge is 0.305 e. The lowest BCUT2D eigenvalue weighted by Crippen LogP contribution is -2.60. The van der Waals surface area contributed by atoms with E-state index in [9.17, 15) is 35.1 Å². The van der Waals surface area contributed by atoms with Crippen LogP contribution in [0.25, 0.3) is 0 Å². The maximum atomic E-state index is 12.9. The molecular weight excluding hydrogens is 799 g/mol. The molecule has 11 heteroatoms. The highest BCUT2D eigenvalue weighted by Gasteiger charge is 2.44. The minimum absolute atomic E-state index is 0.0546. The summed E-state index contributed by atoms with van der Waals surface area (Å²) in [6.45, 7) is 4.13. The Bertz CT molecular complexity index is 1230. The van der Waals surface area contributed by atoms with Crippen LogP contribution < -0.4 is 5.32 Å². The number of carbonyl (C=O) groups excluding carboxylic acids is 2. The third kappa shape index (κ3) is 32.6. The fourth-order valence-electron chi connectivity index (χ4n) is 7.24. The van der Waals surface area contributed by atoms with Gasteiger partial charge in [0.15, 0.2) is 6.29 Å². The summed E-state index contributed by atoms with van der Waals surface area (Å²) in [4.78, 5) is 24.9. The lowest BCUT2D eigenvalue weighted by Gasteiger charge is -2.40. The van der Waals surface area contributed by atoms with E-state index in [1.165, 1.54) is 64.2 Å². The first-order chi connectivity index (χ1) is 30.7. The number of hydrogen-bond donors (Lipinski definition) is 6. The number of ether oxygens (including phenoxy) is 3. The number of esters is 1. The minimum Gasteiger partial charge on any atom is -0.466 e. The van der Waals surface area contributed by atoms with Crippen LogP contribution in [-0.4, -0.2) is 100 Å². The van der Waals surface area contributed by atoms with Crippen LogP contribution in [0, 0.1) is 0 Å². The van der Waals surface area contributed by atoms with Crippen molar-refractivity contribution in [2.75, 3.05) is 19.8 Å². The number of aliphatic hydroxyl groups excluding tert-OH is 5. The number of aliphatic hydroxyl groups is 5. The predicted octanol–water partition coefficient (Wildman–Crippen LogP) is 9.94. The van der Waals surface area contributed by atoms with Gasteiger partial charge in [-0.25, -0.2) is 0 Å². The third-order valence-electron chi connectivity index (χ3n) is 11.4. The Morgan fingerprint density at radius 1 is 0.587 bits per heavy atom. The molecule has 0 aromatic carbocycles. The van der Waals surface area contributed by atoms with Crippen molar-refractivity contribution in [1.82, 2.24) is 5.32 Å². The Labute approximate surface area is 382 Å². The summed E-state index contributed by atoms with van der Waals surface area (Å²) in [6.07, 6.45) is 41.7. The molecule has 7 unspecified atom stereocenters. The van der Waals surface area contributed by atoms with Gasteiger partial charge < -0.3 is 45.1 Å². The molecule has 0 radical (unpaired) electrons. The molecule has 364 valence electrons. The van der Waals surface area contributed by atoms with Gasteiger partial charge >= 0.3 is 5.97 Å². The first-order valence-electron chi connectivity index (χ1n) is 25.1. The Hall–Kier alpha value is -2.64. The zero-order valence-electron chi connectivity index (χ0n) is 39.5. The third-order valence-corrected chi connectivity index (χ3v) is 11.4. The van der Waals surface area contributed by atoms with E-state index < -0.39 is 49.5 Å². The number of amides is 1. The van der Waals surface area contributed by atoms with Crippen LogP contribution in [-0.2, 0) is 23.8 Å². The highest BCUT2D eigenvalue weighted by atomic mass is 16.7. The number of unbranched alkanes of at least 4 members (excludes halogenated alkanes) is 20. The molecule has 1 aliphatic heterocycles. The minimum atomic E-state index is -1.58. The Morgan fingerprint density at radius 2 is 1.10 bits per heavy atom. The summed E-state index contributed by atoms with van der Waals surface area (Å²) in [5.74, 6) is -0.275. The first kappa shape index (κ1) is 58.4. The summed E-state index contributed by atoms with van der Waals surface area (Å²) >= 11 is 0. The van der Waals surface area contributed by atoms with Crippen LogP contribution in [0.2, 0.25) is 0 Å².